The number of nitrogens with zero attached hydrogens (tertiary/aromatic N) is 1. The monoisotopic (exact) mass is 426 g/mol. The van der Waals surface area contributed by atoms with Crippen molar-refractivity contribution in [2.45, 2.75) is 59.6 Å². The van der Waals surface area contributed by atoms with Crippen LogP contribution in [-0.4, -0.2) is 29.4 Å². The molecule has 31 heavy (non-hydrogen) atoms. The summed E-state index contributed by atoms with van der Waals surface area (Å²) >= 11 is 0. The minimum absolute atomic E-state index is 0.0438. The second-order valence-corrected chi connectivity index (χ2v) is 9.26. The van der Waals surface area contributed by atoms with E-state index in [4.69, 9.17) is 4.74 Å². The van der Waals surface area contributed by atoms with E-state index in [2.05, 4.69) is 5.32 Å². The second-order valence-electron chi connectivity index (χ2n) is 9.26. The molecular weight excluding hydrogens is 395 g/mol. The molecule has 0 aliphatic carbocycles. The van der Waals surface area contributed by atoms with Gasteiger partial charge in [0.1, 0.15) is 11.6 Å². The van der Waals surface area contributed by atoms with E-state index in [1.165, 1.54) is 12.1 Å². The number of ether oxygens (including phenoxy) is 1. The molecule has 0 radical (unpaired) electrons. The van der Waals surface area contributed by atoms with Crippen LogP contribution in [0.15, 0.2) is 42.5 Å². The van der Waals surface area contributed by atoms with Crippen molar-refractivity contribution in [3.05, 3.63) is 59.4 Å². The number of carbonyl (C=O) groups excluding carboxylic acids is 2. The Bertz CT molecular complexity index is 935. The number of hydrogen-bond donors (Lipinski definition) is 1. The minimum Gasteiger partial charge on any atom is -0.480 e. The fourth-order valence-corrected chi connectivity index (χ4v) is 3.64. The second kappa shape index (κ2) is 9.50. The fraction of sp³-hybridized carbons (Fsp3) is 0.440. The summed E-state index contributed by atoms with van der Waals surface area (Å²) in [6.07, 6.45) is 1.06. The van der Waals surface area contributed by atoms with Gasteiger partial charge in [-0.1, -0.05) is 39.8 Å². The van der Waals surface area contributed by atoms with Gasteiger partial charge in [-0.3, -0.25) is 9.59 Å². The quantitative estimate of drug-likeness (QED) is 0.712. The van der Waals surface area contributed by atoms with Crippen molar-refractivity contribution >= 4 is 17.5 Å². The molecule has 1 heterocycles. The molecule has 0 aromatic heterocycles. The average Bonchev–Trinajstić information content (AvgIpc) is 2.82. The van der Waals surface area contributed by atoms with Gasteiger partial charge in [-0.15, -0.1) is 0 Å². The Labute approximate surface area is 183 Å². The third-order valence-corrected chi connectivity index (χ3v) is 5.21. The molecule has 0 saturated heterocycles. The lowest BCUT2D eigenvalue weighted by atomic mass is 9.92. The van der Waals surface area contributed by atoms with E-state index in [1.54, 1.807) is 17.0 Å². The smallest absolute Gasteiger partial charge is 0.263 e. The maximum Gasteiger partial charge on any atom is 0.263 e. The summed E-state index contributed by atoms with van der Waals surface area (Å²) in [7, 11) is 0. The van der Waals surface area contributed by atoms with Crippen LogP contribution in [-0.2, 0) is 22.6 Å². The zero-order chi connectivity index (χ0) is 22.6. The Morgan fingerprint density at radius 3 is 2.55 bits per heavy atom. The van der Waals surface area contributed by atoms with Crippen LogP contribution in [0.1, 0.15) is 51.7 Å². The molecule has 0 fully saturated rings. The van der Waals surface area contributed by atoms with E-state index >= 15 is 0 Å². The van der Waals surface area contributed by atoms with E-state index in [9.17, 15) is 14.0 Å². The number of rotatable bonds is 6. The molecule has 6 heteroatoms. The van der Waals surface area contributed by atoms with Gasteiger partial charge in [0.25, 0.3) is 5.91 Å². The highest BCUT2D eigenvalue weighted by atomic mass is 19.1. The largest absolute Gasteiger partial charge is 0.480 e. The predicted molar refractivity (Wildman–Crippen MR) is 119 cm³/mol. The number of fused-ring (bicyclic) bond motifs is 1. The minimum atomic E-state index is -0.546. The molecule has 3 rings (SSSR count). The van der Waals surface area contributed by atoms with Crippen molar-refractivity contribution in [3.63, 3.8) is 0 Å². The topological polar surface area (TPSA) is 58.6 Å². The number of halogens is 1. The third kappa shape index (κ3) is 6.29. The summed E-state index contributed by atoms with van der Waals surface area (Å²) in [5, 5.41) is 2.95. The lowest BCUT2D eigenvalue weighted by Gasteiger charge is -2.23. The Kier molecular flexibility index (Phi) is 6.98. The van der Waals surface area contributed by atoms with E-state index in [1.807, 2.05) is 45.9 Å². The van der Waals surface area contributed by atoms with Crippen LogP contribution < -0.4 is 10.1 Å². The maximum absolute atomic E-state index is 13.2. The molecule has 2 amide bonds. The van der Waals surface area contributed by atoms with E-state index < -0.39 is 6.10 Å². The normalized spacial score (nSPS) is 16.4. The van der Waals surface area contributed by atoms with Crippen LogP contribution >= 0.6 is 0 Å². The molecule has 1 atom stereocenters. The molecule has 1 aliphatic rings. The van der Waals surface area contributed by atoms with Gasteiger partial charge in [-0.2, -0.15) is 0 Å². The lowest BCUT2D eigenvalue weighted by Crippen LogP contribution is -2.40. The first-order valence-electron chi connectivity index (χ1n) is 10.8. The van der Waals surface area contributed by atoms with Gasteiger partial charge < -0.3 is 15.0 Å². The van der Waals surface area contributed by atoms with E-state index in [-0.39, 0.29) is 23.0 Å². The van der Waals surface area contributed by atoms with Crippen molar-refractivity contribution in [2.75, 3.05) is 11.9 Å². The lowest BCUT2D eigenvalue weighted by molar-refractivity contribution is -0.138. The zero-order valence-corrected chi connectivity index (χ0v) is 18.7. The van der Waals surface area contributed by atoms with Crippen molar-refractivity contribution < 1.29 is 18.7 Å². The molecule has 0 spiro atoms. The van der Waals surface area contributed by atoms with Gasteiger partial charge in [0.15, 0.2) is 6.10 Å². The van der Waals surface area contributed by atoms with Gasteiger partial charge in [0, 0.05) is 30.8 Å². The number of anilines is 1. The molecule has 1 N–H and O–H groups in total. The van der Waals surface area contributed by atoms with Crippen LogP contribution in [0.25, 0.3) is 0 Å². The van der Waals surface area contributed by atoms with Gasteiger partial charge in [-0.25, -0.2) is 4.39 Å². The highest BCUT2D eigenvalue weighted by Crippen LogP contribution is 2.30. The molecule has 0 bridgehead atoms. The van der Waals surface area contributed by atoms with Crippen molar-refractivity contribution in [1.82, 2.24) is 4.90 Å². The van der Waals surface area contributed by atoms with Crippen molar-refractivity contribution in [3.8, 4) is 5.75 Å². The van der Waals surface area contributed by atoms with Crippen LogP contribution in [0.4, 0.5) is 10.1 Å². The highest BCUT2D eigenvalue weighted by molar-refractivity contribution is 5.91. The molecule has 1 unspecified atom stereocenters. The van der Waals surface area contributed by atoms with Crippen molar-refractivity contribution in [2.24, 2.45) is 5.41 Å². The molecule has 0 saturated carbocycles. The van der Waals surface area contributed by atoms with Crippen LogP contribution in [0, 0.1) is 11.2 Å². The summed E-state index contributed by atoms with van der Waals surface area (Å²) in [5.41, 5.74) is 2.42. The Morgan fingerprint density at radius 1 is 1.19 bits per heavy atom. The van der Waals surface area contributed by atoms with E-state index in [0.717, 1.165) is 11.1 Å². The molecule has 2 aromatic carbocycles. The summed E-state index contributed by atoms with van der Waals surface area (Å²) in [4.78, 5) is 27.1. The molecule has 2 aromatic rings. The third-order valence-electron chi connectivity index (χ3n) is 5.21. The number of benzene rings is 2. The Balaban J connectivity index is 1.77. The number of hydrogen-bond acceptors (Lipinski definition) is 3. The Morgan fingerprint density at radius 2 is 1.90 bits per heavy atom. The number of amides is 2. The van der Waals surface area contributed by atoms with Crippen LogP contribution in [0.2, 0.25) is 0 Å². The maximum atomic E-state index is 13.2. The first-order valence-corrected chi connectivity index (χ1v) is 10.8. The molecular formula is C25H31FN2O3. The Hall–Kier alpha value is -2.89. The van der Waals surface area contributed by atoms with Gasteiger partial charge in [0.05, 0.1) is 0 Å². The van der Waals surface area contributed by atoms with Gasteiger partial charge >= 0.3 is 0 Å². The van der Waals surface area contributed by atoms with Gasteiger partial charge in [-0.05, 0) is 54.2 Å². The molecule has 166 valence electrons. The van der Waals surface area contributed by atoms with Crippen LogP contribution in [0.3, 0.4) is 0 Å². The standard InChI is InChI=1S/C25H31FN2O3/c1-5-21-24(30)28(13-12-17-6-8-19(26)9-7-17)16-18-14-20(10-11-22(18)31-21)27-23(29)15-25(2,3)4/h6-11,14,21H,5,12-13,15-16H2,1-4H3,(H,27,29). The van der Waals surface area contributed by atoms with E-state index in [0.29, 0.717) is 43.8 Å². The average molecular weight is 427 g/mol. The first-order chi connectivity index (χ1) is 14.6. The zero-order valence-electron chi connectivity index (χ0n) is 18.7. The summed E-state index contributed by atoms with van der Waals surface area (Å²) in [6, 6.07) is 11.8. The number of nitrogens with one attached hydrogen (secondary N) is 1. The molecule has 5 nitrogen and oxygen atoms in total. The van der Waals surface area contributed by atoms with Crippen LogP contribution in [0.5, 0.6) is 5.75 Å². The summed E-state index contributed by atoms with van der Waals surface area (Å²) < 4.78 is 19.2. The molecule has 1 aliphatic heterocycles. The van der Waals surface area contributed by atoms with Gasteiger partial charge in [0.2, 0.25) is 5.91 Å². The SMILES string of the molecule is CCC1Oc2ccc(NC(=O)CC(C)(C)C)cc2CN(CCc2ccc(F)cc2)C1=O. The first kappa shape index (κ1) is 22.8. The number of carbonyl (C=O) groups is 2. The van der Waals surface area contributed by atoms with Crippen molar-refractivity contribution in [1.29, 1.82) is 0 Å². The fourth-order valence-electron chi connectivity index (χ4n) is 3.64. The summed E-state index contributed by atoms with van der Waals surface area (Å²) in [5.74, 6) is 0.291. The summed E-state index contributed by atoms with van der Waals surface area (Å²) in [6.45, 7) is 8.89. The predicted octanol–water partition coefficient (Wildman–Crippen LogP) is 4.94. The highest BCUT2D eigenvalue weighted by Gasteiger charge is 2.30.